The standard InChI is InChI=1S/C19H22S/c1-13-15-6-4-8-17(13)12-19(20-3)18-9-5-7-16(11-10-15)14(18)2/h4-9,19H,10-12H2,1-3H3. The summed E-state index contributed by atoms with van der Waals surface area (Å²) in [6.45, 7) is 4.60. The molecule has 4 bridgehead atoms. The molecule has 0 spiro atoms. The van der Waals surface area contributed by atoms with Gasteiger partial charge < -0.3 is 0 Å². The highest BCUT2D eigenvalue weighted by Crippen LogP contribution is 2.36. The minimum Gasteiger partial charge on any atom is -0.157 e. The third-order valence-corrected chi connectivity index (χ3v) is 5.74. The SMILES string of the molecule is CSC1Cc2cccc(c2C)CCc2cccc1c2C. The molecule has 0 amide bonds. The molecule has 0 aromatic heterocycles. The second-order valence-electron chi connectivity index (χ2n) is 5.76. The van der Waals surface area contributed by atoms with E-state index in [4.69, 9.17) is 0 Å². The fraction of sp³-hybridized carbons (Fsp3) is 0.368. The van der Waals surface area contributed by atoms with Crippen LogP contribution in [0.1, 0.15) is 38.6 Å². The maximum absolute atomic E-state index is 2.32. The summed E-state index contributed by atoms with van der Waals surface area (Å²) in [7, 11) is 0. The summed E-state index contributed by atoms with van der Waals surface area (Å²) in [5, 5.41) is 0.571. The Morgan fingerprint density at radius 2 is 1.45 bits per heavy atom. The van der Waals surface area contributed by atoms with Gasteiger partial charge in [0.2, 0.25) is 0 Å². The molecule has 1 atom stereocenters. The van der Waals surface area contributed by atoms with Crippen LogP contribution in [0, 0.1) is 13.8 Å². The highest BCUT2D eigenvalue weighted by atomic mass is 32.2. The van der Waals surface area contributed by atoms with Crippen LogP contribution in [0.2, 0.25) is 0 Å². The van der Waals surface area contributed by atoms with Gasteiger partial charge in [-0.15, -0.1) is 0 Å². The number of rotatable bonds is 1. The van der Waals surface area contributed by atoms with Gasteiger partial charge in [-0.1, -0.05) is 36.4 Å². The molecular formula is C19H22S. The van der Waals surface area contributed by atoms with Crippen LogP contribution >= 0.6 is 11.8 Å². The zero-order chi connectivity index (χ0) is 14.1. The monoisotopic (exact) mass is 282 g/mol. The van der Waals surface area contributed by atoms with Gasteiger partial charge in [-0.25, -0.2) is 0 Å². The van der Waals surface area contributed by atoms with Crippen molar-refractivity contribution in [1.29, 1.82) is 0 Å². The van der Waals surface area contributed by atoms with E-state index in [0.717, 1.165) is 19.3 Å². The molecule has 2 aromatic carbocycles. The summed E-state index contributed by atoms with van der Waals surface area (Å²) < 4.78 is 0. The first-order chi connectivity index (χ1) is 9.70. The molecule has 1 aliphatic rings. The van der Waals surface area contributed by atoms with Crippen LogP contribution in [-0.2, 0) is 19.3 Å². The molecule has 1 unspecified atom stereocenters. The Morgan fingerprint density at radius 1 is 0.850 bits per heavy atom. The molecule has 2 aromatic rings. The van der Waals surface area contributed by atoms with Crippen molar-refractivity contribution in [2.45, 2.75) is 38.4 Å². The number of hydrogen-bond donors (Lipinski definition) is 0. The van der Waals surface area contributed by atoms with Crippen molar-refractivity contribution < 1.29 is 0 Å². The Bertz CT molecular complexity index is 628. The molecule has 0 radical (unpaired) electrons. The third kappa shape index (κ3) is 2.40. The molecule has 0 saturated carbocycles. The lowest BCUT2D eigenvalue weighted by Crippen LogP contribution is -2.08. The second-order valence-corrected chi connectivity index (χ2v) is 6.80. The molecule has 20 heavy (non-hydrogen) atoms. The van der Waals surface area contributed by atoms with E-state index in [-0.39, 0.29) is 0 Å². The van der Waals surface area contributed by atoms with Crippen LogP contribution in [0.15, 0.2) is 36.4 Å². The molecule has 0 saturated heterocycles. The Kier molecular flexibility index (Phi) is 3.89. The van der Waals surface area contributed by atoms with Gasteiger partial charge in [-0.2, -0.15) is 11.8 Å². The Labute approximate surface area is 126 Å². The first kappa shape index (κ1) is 13.8. The van der Waals surface area contributed by atoms with E-state index < -0.39 is 0 Å². The third-order valence-electron chi connectivity index (χ3n) is 4.75. The van der Waals surface area contributed by atoms with Gasteiger partial charge in [0.1, 0.15) is 0 Å². The number of thioether (sulfide) groups is 1. The van der Waals surface area contributed by atoms with E-state index in [1.54, 1.807) is 0 Å². The van der Waals surface area contributed by atoms with Gasteiger partial charge >= 0.3 is 0 Å². The average molecular weight is 282 g/mol. The first-order valence-corrected chi connectivity index (χ1v) is 8.68. The summed E-state index contributed by atoms with van der Waals surface area (Å²) in [6.07, 6.45) is 5.70. The van der Waals surface area contributed by atoms with Crippen LogP contribution in [0.4, 0.5) is 0 Å². The molecule has 0 N–H and O–H groups in total. The molecule has 3 rings (SSSR count). The lowest BCUT2D eigenvalue weighted by molar-refractivity contribution is 0.863. The largest absolute Gasteiger partial charge is 0.157 e. The van der Waals surface area contributed by atoms with Gasteiger partial charge in [0, 0.05) is 5.25 Å². The summed E-state index contributed by atoms with van der Waals surface area (Å²) >= 11 is 1.98. The fourth-order valence-electron chi connectivity index (χ4n) is 3.34. The van der Waals surface area contributed by atoms with E-state index in [2.05, 4.69) is 56.5 Å². The molecule has 1 heteroatoms. The van der Waals surface area contributed by atoms with Crippen molar-refractivity contribution in [1.82, 2.24) is 0 Å². The van der Waals surface area contributed by atoms with Gasteiger partial charge in [0.25, 0.3) is 0 Å². The Balaban J connectivity index is 2.14. The number of benzene rings is 2. The predicted octanol–water partition coefficient (Wildman–Crippen LogP) is 5.05. The summed E-state index contributed by atoms with van der Waals surface area (Å²) in [5.74, 6) is 0. The summed E-state index contributed by atoms with van der Waals surface area (Å²) in [6, 6.07) is 13.7. The van der Waals surface area contributed by atoms with Gasteiger partial charge in [0.15, 0.2) is 0 Å². The van der Waals surface area contributed by atoms with Gasteiger partial charge in [0.05, 0.1) is 0 Å². The molecular weight excluding hydrogens is 260 g/mol. The topological polar surface area (TPSA) is 0 Å². The number of aryl methyl sites for hydroxylation is 2. The summed E-state index contributed by atoms with van der Waals surface area (Å²) in [4.78, 5) is 0. The minimum atomic E-state index is 0.571. The van der Waals surface area contributed by atoms with Crippen molar-refractivity contribution >= 4 is 11.8 Å². The average Bonchev–Trinajstić information content (AvgIpc) is 2.46. The smallest absolute Gasteiger partial charge is 0.0337 e. The minimum absolute atomic E-state index is 0.571. The van der Waals surface area contributed by atoms with Crippen molar-refractivity contribution in [2.24, 2.45) is 0 Å². The highest BCUT2D eigenvalue weighted by molar-refractivity contribution is 7.98. The van der Waals surface area contributed by atoms with Crippen molar-refractivity contribution in [2.75, 3.05) is 6.26 Å². The van der Waals surface area contributed by atoms with E-state index in [0.29, 0.717) is 5.25 Å². The van der Waals surface area contributed by atoms with Crippen molar-refractivity contribution in [3.8, 4) is 0 Å². The van der Waals surface area contributed by atoms with Crippen LogP contribution in [0.3, 0.4) is 0 Å². The van der Waals surface area contributed by atoms with Crippen LogP contribution < -0.4 is 0 Å². The van der Waals surface area contributed by atoms with E-state index in [1.165, 1.54) is 33.4 Å². The zero-order valence-electron chi connectivity index (χ0n) is 12.6. The number of fused-ring (bicyclic) bond motifs is 4. The van der Waals surface area contributed by atoms with Crippen molar-refractivity contribution in [3.05, 3.63) is 69.8 Å². The molecule has 0 fully saturated rings. The van der Waals surface area contributed by atoms with E-state index >= 15 is 0 Å². The fourth-order valence-corrected chi connectivity index (χ4v) is 4.20. The maximum atomic E-state index is 2.32. The molecule has 0 heterocycles. The Morgan fingerprint density at radius 3 is 2.15 bits per heavy atom. The van der Waals surface area contributed by atoms with Crippen LogP contribution in [0.5, 0.6) is 0 Å². The van der Waals surface area contributed by atoms with E-state index in [9.17, 15) is 0 Å². The van der Waals surface area contributed by atoms with Crippen molar-refractivity contribution in [3.63, 3.8) is 0 Å². The van der Waals surface area contributed by atoms with Gasteiger partial charge in [-0.05, 0) is 72.7 Å². The van der Waals surface area contributed by atoms with E-state index in [1.807, 2.05) is 11.8 Å². The highest BCUT2D eigenvalue weighted by Gasteiger charge is 2.18. The molecule has 0 nitrogen and oxygen atoms in total. The molecule has 1 aliphatic carbocycles. The normalized spacial score (nSPS) is 17.9. The lowest BCUT2D eigenvalue weighted by Gasteiger charge is -2.23. The van der Waals surface area contributed by atoms with Gasteiger partial charge in [-0.3, -0.25) is 0 Å². The predicted molar refractivity (Wildman–Crippen MR) is 89.7 cm³/mol. The maximum Gasteiger partial charge on any atom is 0.0337 e. The Hall–Kier alpha value is -1.21. The lowest BCUT2D eigenvalue weighted by atomic mass is 9.88. The first-order valence-electron chi connectivity index (χ1n) is 7.39. The quantitative estimate of drug-likeness (QED) is 0.705. The second kappa shape index (κ2) is 5.65. The molecule has 104 valence electrons. The summed E-state index contributed by atoms with van der Waals surface area (Å²) in [5.41, 5.74) is 9.11. The zero-order valence-corrected chi connectivity index (χ0v) is 13.4. The van der Waals surface area contributed by atoms with Crippen LogP contribution in [-0.4, -0.2) is 6.26 Å². The van der Waals surface area contributed by atoms with Crippen LogP contribution in [0.25, 0.3) is 0 Å². The molecule has 0 aliphatic heterocycles. The number of hydrogen-bond acceptors (Lipinski definition) is 1.